The van der Waals surface area contributed by atoms with Gasteiger partial charge in [-0.2, -0.15) is 0 Å². The fourth-order valence-corrected chi connectivity index (χ4v) is 6.50. The van der Waals surface area contributed by atoms with Crippen LogP contribution in [-0.4, -0.2) is 16.7 Å². The number of aliphatic imine (C=N–C) groups is 1. The summed E-state index contributed by atoms with van der Waals surface area (Å²) in [6, 6.07) is 15.4. The van der Waals surface area contributed by atoms with Crippen molar-refractivity contribution in [1.82, 2.24) is 4.57 Å². The number of benzene rings is 2. The highest BCUT2D eigenvalue weighted by molar-refractivity contribution is 7.15. The summed E-state index contributed by atoms with van der Waals surface area (Å²) in [7, 11) is 0. The summed E-state index contributed by atoms with van der Waals surface area (Å²) in [4.78, 5) is 19.6. The molecule has 0 fully saturated rings. The van der Waals surface area contributed by atoms with Crippen LogP contribution < -0.4 is 5.32 Å². The second-order valence-electron chi connectivity index (χ2n) is 9.23. The molecular formula is C29H27Cl2N3OS. The van der Waals surface area contributed by atoms with Gasteiger partial charge >= 0.3 is 0 Å². The van der Waals surface area contributed by atoms with E-state index in [1.54, 1.807) is 23.5 Å². The van der Waals surface area contributed by atoms with E-state index in [0.29, 0.717) is 10.0 Å². The van der Waals surface area contributed by atoms with Crippen LogP contribution in [0.25, 0.3) is 5.00 Å². The van der Waals surface area contributed by atoms with Crippen LogP contribution in [0.4, 0.5) is 11.4 Å². The second kappa shape index (κ2) is 10.3. The molecule has 0 saturated heterocycles. The molecule has 5 rings (SSSR count). The zero-order valence-electron chi connectivity index (χ0n) is 20.5. The summed E-state index contributed by atoms with van der Waals surface area (Å²) in [5.74, 6) is -0.0493. The number of hydrogen-bond acceptors (Lipinski definition) is 3. The molecule has 0 spiro atoms. The SMILES string of the molecule is Cc1ccc(NC(=O)c2c(-n3c(C)cc(C=Nc4ccc(Cl)c(Cl)c4)c3C)sc3c2CCCC3)cc1. The van der Waals surface area contributed by atoms with Gasteiger partial charge in [0.15, 0.2) is 0 Å². The number of thiophene rings is 1. The lowest BCUT2D eigenvalue weighted by Crippen LogP contribution is -2.17. The predicted molar refractivity (Wildman–Crippen MR) is 153 cm³/mol. The summed E-state index contributed by atoms with van der Waals surface area (Å²) >= 11 is 13.9. The maximum absolute atomic E-state index is 13.7. The van der Waals surface area contributed by atoms with E-state index in [4.69, 9.17) is 23.2 Å². The van der Waals surface area contributed by atoms with Crippen molar-refractivity contribution < 1.29 is 4.79 Å². The molecule has 36 heavy (non-hydrogen) atoms. The number of anilines is 1. The zero-order chi connectivity index (χ0) is 25.4. The van der Waals surface area contributed by atoms with Crippen LogP contribution in [0, 0.1) is 20.8 Å². The van der Waals surface area contributed by atoms with Crippen LogP contribution in [0.2, 0.25) is 10.0 Å². The number of nitrogens with one attached hydrogen (secondary N) is 1. The molecule has 2 aromatic heterocycles. The monoisotopic (exact) mass is 535 g/mol. The Hall–Kier alpha value is -2.86. The Morgan fingerprint density at radius 1 is 1.00 bits per heavy atom. The van der Waals surface area contributed by atoms with Crippen molar-refractivity contribution in [1.29, 1.82) is 0 Å². The number of carbonyl (C=O) groups excluding carboxylic acids is 1. The van der Waals surface area contributed by atoms with Gasteiger partial charge in [0, 0.05) is 33.7 Å². The van der Waals surface area contributed by atoms with Gasteiger partial charge in [-0.1, -0.05) is 40.9 Å². The number of aromatic nitrogens is 1. The first-order valence-electron chi connectivity index (χ1n) is 12.0. The van der Waals surface area contributed by atoms with E-state index in [1.807, 2.05) is 43.5 Å². The number of nitrogens with zero attached hydrogens (tertiary/aromatic N) is 2. The molecule has 0 saturated carbocycles. The molecule has 1 aliphatic rings. The van der Waals surface area contributed by atoms with Crippen molar-refractivity contribution in [3.8, 4) is 5.00 Å². The number of aryl methyl sites for hydroxylation is 3. The van der Waals surface area contributed by atoms with Crippen LogP contribution in [-0.2, 0) is 12.8 Å². The number of amides is 1. The van der Waals surface area contributed by atoms with Gasteiger partial charge in [0.1, 0.15) is 5.00 Å². The maximum Gasteiger partial charge on any atom is 0.258 e. The predicted octanol–water partition coefficient (Wildman–Crippen LogP) is 8.65. The van der Waals surface area contributed by atoms with Crippen LogP contribution in [0.3, 0.4) is 0 Å². The fraction of sp³-hybridized carbons (Fsp3) is 0.241. The lowest BCUT2D eigenvalue weighted by molar-refractivity contribution is 0.102. The minimum atomic E-state index is -0.0493. The third-order valence-electron chi connectivity index (χ3n) is 6.62. The summed E-state index contributed by atoms with van der Waals surface area (Å²) in [5.41, 5.74) is 7.80. The van der Waals surface area contributed by atoms with Crippen LogP contribution in [0.5, 0.6) is 0 Å². The molecule has 2 aromatic carbocycles. The summed E-state index contributed by atoms with van der Waals surface area (Å²) in [6.45, 7) is 6.19. The van der Waals surface area contributed by atoms with Gasteiger partial charge < -0.3 is 9.88 Å². The molecule has 1 aliphatic carbocycles. The van der Waals surface area contributed by atoms with E-state index in [2.05, 4.69) is 34.8 Å². The molecule has 1 N–H and O–H groups in total. The van der Waals surface area contributed by atoms with E-state index >= 15 is 0 Å². The average Bonchev–Trinajstić information content (AvgIpc) is 3.37. The number of halogens is 2. The summed E-state index contributed by atoms with van der Waals surface area (Å²) in [6.07, 6.45) is 6.08. The third kappa shape index (κ3) is 4.88. The van der Waals surface area contributed by atoms with Gasteiger partial charge in [-0.25, -0.2) is 0 Å². The minimum Gasteiger partial charge on any atom is -0.322 e. The topological polar surface area (TPSA) is 46.4 Å². The first kappa shape index (κ1) is 24.8. The molecule has 0 bridgehead atoms. The molecule has 4 aromatic rings. The maximum atomic E-state index is 13.7. The zero-order valence-corrected chi connectivity index (χ0v) is 22.8. The van der Waals surface area contributed by atoms with Gasteiger partial charge in [-0.15, -0.1) is 11.3 Å². The number of carbonyl (C=O) groups is 1. The van der Waals surface area contributed by atoms with Gasteiger partial charge in [0.05, 0.1) is 21.3 Å². The Labute approximate surface area is 225 Å². The quantitative estimate of drug-likeness (QED) is 0.255. The standard InChI is InChI=1S/C29H27Cl2N3OS/c1-17-8-10-21(11-9-17)33-28(35)27-23-6-4-5-7-26(23)36-29(27)34-18(2)14-20(19(34)3)16-32-22-12-13-24(30)25(31)15-22/h8-16H,4-7H2,1-3H3,(H,33,35). The van der Waals surface area contributed by atoms with Crippen molar-refractivity contribution >= 4 is 58.0 Å². The highest BCUT2D eigenvalue weighted by atomic mass is 35.5. The van der Waals surface area contributed by atoms with E-state index in [-0.39, 0.29) is 5.91 Å². The van der Waals surface area contributed by atoms with E-state index in [0.717, 1.165) is 70.1 Å². The van der Waals surface area contributed by atoms with E-state index in [1.165, 1.54) is 10.4 Å². The normalized spacial score (nSPS) is 13.2. The molecule has 1 amide bonds. The highest BCUT2D eigenvalue weighted by Crippen LogP contribution is 2.39. The Morgan fingerprint density at radius 2 is 1.75 bits per heavy atom. The molecule has 0 atom stereocenters. The Kier molecular flexibility index (Phi) is 7.07. The van der Waals surface area contributed by atoms with Crippen molar-refractivity contribution in [3.63, 3.8) is 0 Å². The second-order valence-corrected chi connectivity index (χ2v) is 11.1. The molecule has 0 aliphatic heterocycles. The summed E-state index contributed by atoms with van der Waals surface area (Å²) in [5, 5.41) is 5.10. The van der Waals surface area contributed by atoms with E-state index in [9.17, 15) is 4.79 Å². The first-order chi connectivity index (χ1) is 17.3. The Morgan fingerprint density at radius 3 is 2.50 bits per heavy atom. The van der Waals surface area contributed by atoms with Crippen molar-refractivity contribution in [3.05, 3.63) is 97.1 Å². The number of rotatable bonds is 5. The molecule has 2 heterocycles. The molecule has 184 valence electrons. The van der Waals surface area contributed by atoms with Crippen LogP contribution in [0.15, 0.2) is 53.5 Å². The van der Waals surface area contributed by atoms with Crippen LogP contribution >= 0.6 is 34.5 Å². The number of fused-ring (bicyclic) bond motifs is 1. The molecule has 0 radical (unpaired) electrons. The van der Waals surface area contributed by atoms with E-state index < -0.39 is 0 Å². The molecule has 7 heteroatoms. The van der Waals surface area contributed by atoms with Crippen molar-refractivity contribution in [2.24, 2.45) is 4.99 Å². The lowest BCUT2D eigenvalue weighted by atomic mass is 9.95. The number of hydrogen-bond donors (Lipinski definition) is 1. The molecule has 4 nitrogen and oxygen atoms in total. The summed E-state index contributed by atoms with van der Waals surface area (Å²) < 4.78 is 2.20. The molecule has 0 unspecified atom stereocenters. The van der Waals surface area contributed by atoms with Gasteiger partial charge in [0.25, 0.3) is 5.91 Å². The lowest BCUT2D eigenvalue weighted by Gasteiger charge is -2.14. The molecular weight excluding hydrogens is 509 g/mol. The largest absolute Gasteiger partial charge is 0.322 e. The van der Waals surface area contributed by atoms with Crippen molar-refractivity contribution in [2.75, 3.05) is 5.32 Å². The third-order valence-corrected chi connectivity index (χ3v) is 8.63. The van der Waals surface area contributed by atoms with Gasteiger partial charge in [-0.05, 0) is 88.4 Å². The minimum absolute atomic E-state index is 0.0493. The smallest absolute Gasteiger partial charge is 0.258 e. The van der Waals surface area contributed by atoms with Crippen LogP contribution in [0.1, 0.15) is 56.2 Å². The Balaban J connectivity index is 1.54. The van der Waals surface area contributed by atoms with Gasteiger partial charge in [-0.3, -0.25) is 9.79 Å². The fourth-order valence-electron chi connectivity index (χ4n) is 4.71. The highest BCUT2D eigenvalue weighted by Gasteiger charge is 2.28. The average molecular weight is 537 g/mol. The Bertz CT molecular complexity index is 1480. The van der Waals surface area contributed by atoms with Gasteiger partial charge in [0.2, 0.25) is 0 Å². The van der Waals surface area contributed by atoms with Crippen molar-refractivity contribution in [2.45, 2.75) is 46.5 Å². The first-order valence-corrected chi connectivity index (χ1v) is 13.6.